The molecule has 25 heavy (non-hydrogen) atoms. The second-order valence-electron chi connectivity index (χ2n) is 7.18. The number of hydrogen-bond acceptors (Lipinski definition) is 5. The maximum absolute atomic E-state index is 12.2. The van der Waals surface area contributed by atoms with Crippen LogP contribution in [0.15, 0.2) is 0 Å². The Hall–Kier alpha value is -0.980. The van der Waals surface area contributed by atoms with Gasteiger partial charge in [-0.3, -0.25) is 9.59 Å². The van der Waals surface area contributed by atoms with Gasteiger partial charge in [-0.05, 0) is 6.42 Å². The maximum Gasteiger partial charge on any atom is 0.263 e. The van der Waals surface area contributed by atoms with Gasteiger partial charge in [0, 0.05) is 6.42 Å². The first-order valence-corrected chi connectivity index (χ1v) is 9.84. The van der Waals surface area contributed by atoms with Gasteiger partial charge in [0.15, 0.2) is 5.78 Å². The van der Waals surface area contributed by atoms with Gasteiger partial charge in [0.05, 0.1) is 12.6 Å². The number of carbonyl (C=O) groups is 2. The molecule has 0 aromatic rings. The van der Waals surface area contributed by atoms with Gasteiger partial charge in [0.1, 0.15) is 6.10 Å². The maximum atomic E-state index is 12.2. The highest BCUT2D eigenvalue weighted by molar-refractivity contribution is 6.11. The number of amides is 1. The predicted octanol–water partition coefficient (Wildman–Crippen LogP) is 1.84. The molecule has 1 aliphatic rings. The summed E-state index contributed by atoms with van der Waals surface area (Å²) in [4.78, 5) is 23.9. The molecule has 1 amide bonds. The highest BCUT2D eigenvalue weighted by Gasteiger charge is 2.58. The van der Waals surface area contributed by atoms with Gasteiger partial charge in [-0.15, -0.1) is 0 Å². The third-order valence-electron chi connectivity index (χ3n) is 5.10. The summed E-state index contributed by atoms with van der Waals surface area (Å²) >= 11 is 0. The zero-order chi connectivity index (χ0) is 18.7. The highest BCUT2D eigenvalue weighted by atomic mass is 16.4. The summed E-state index contributed by atoms with van der Waals surface area (Å²) in [5.74, 6) is -1.57. The minimum Gasteiger partial charge on any atom is -0.394 e. The lowest BCUT2D eigenvalue weighted by Gasteiger charge is -2.23. The van der Waals surface area contributed by atoms with Crippen molar-refractivity contribution in [3.05, 3.63) is 0 Å². The molecule has 1 saturated heterocycles. The van der Waals surface area contributed by atoms with Gasteiger partial charge in [-0.25, -0.2) is 0 Å². The van der Waals surface area contributed by atoms with E-state index in [1.807, 2.05) is 0 Å². The number of unbranched alkanes of at least 4 members (excludes halogenated alkanes) is 10. The smallest absolute Gasteiger partial charge is 0.263 e. The molecule has 0 bridgehead atoms. The summed E-state index contributed by atoms with van der Waals surface area (Å²) in [5, 5.41) is 31.5. The Balaban J connectivity index is 2.12. The third kappa shape index (κ3) is 6.35. The van der Waals surface area contributed by atoms with Crippen LogP contribution in [0.5, 0.6) is 0 Å². The molecule has 146 valence electrons. The van der Waals surface area contributed by atoms with Crippen LogP contribution < -0.4 is 5.32 Å². The molecule has 0 unspecified atom stereocenters. The first-order chi connectivity index (χ1) is 12.0. The van der Waals surface area contributed by atoms with Gasteiger partial charge in [0.25, 0.3) is 5.91 Å². The quantitative estimate of drug-likeness (QED) is 0.280. The third-order valence-corrected chi connectivity index (χ3v) is 5.10. The Kier molecular flexibility index (Phi) is 10.2. The van der Waals surface area contributed by atoms with E-state index < -0.39 is 36.0 Å². The Morgan fingerprint density at radius 1 is 1.00 bits per heavy atom. The van der Waals surface area contributed by atoms with Crippen LogP contribution in [0.1, 0.15) is 84.0 Å². The number of rotatable bonds is 14. The van der Waals surface area contributed by atoms with Gasteiger partial charge >= 0.3 is 0 Å². The van der Waals surface area contributed by atoms with Crippen molar-refractivity contribution in [3.8, 4) is 0 Å². The van der Waals surface area contributed by atoms with Crippen molar-refractivity contribution in [3.63, 3.8) is 0 Å². The van der Waals surface area contributed by atoms with Crippen molar-refractivity contribution in [2.45, 2.75) is 102 Å². The topological polar surface area (TPSA) is 107 Å². The average Bonchev–Trinajstić information content (AvgIpc) is 2.84. The van der Waals surface area contributed by atoms with Crippen LogP contribution in [0.4, 0.5) is 0 Å². The second-order valence-corrected chi connectivity index (χ2v) is 7.18. The van der Waals surface area contributed by atoms with Crippen molar-refractivity contribution < 1.29 is 24.9 Å². The zero-order valence-electron chi connectivity index (χ0n) is 15.5. The van der Waals surface area contributed by atoms with E-state index >= 15 is 0 Å². The number of hydrogen-bond donors (Lipinski definition) is 4. The van der Waals surface area contributed by atoms with Crippen molar-refractivity contribution in [2.24, 2.45) is 0 Å². The fourth-order valence-electron chi connectivity index (χ4n) is 3.36. The number of aliphatic hydroxyl groups excluding tert-OH is 2. The SMILES string of the molecule is CCCCCCCCCCCCCC(=O)[C@]1(O)C(=O)N[C@@H](CO)[C@@H]1O. The summed E-state index contributed by atoms with van der Waals surface area (Å²) in [6.07, 6.45) is 11.1. The first kappa shape index (κ1) is 22.1. The summed E-state index contributed by atoms with van der Waals surface area (Å²) in [6, 6.07) is -0.987. The number of carbonyl (C=O) groups excluding carboxylic acids is 2. The Morgan fingerprint density at radius 2 is 1.48 bits per heavy atom. The monoisotopic (exact) mass is 357 g/mol. The largest absolute Gasteiger partial charge is 0.394 e. The minimum absolute atomic E-state index is 0.0656. The molecule has 4 N–H and O–H groups in total. The summed E-state index contributed by atoms with van der Waals surface area (Å²) in [6.45, 7) is 1.70. The van der Waals surface area contributed by atoms with Crippen LogP contribution in [-0.4, -0.2) is 51.4 Å². The van der Waals surface area contributed by atoms with E-state index in [-0.39, 0.29) is 6.42 Å². The molecule has 0 saturated carbocycles. The Labute approximate surface area is 151 Å². The zero-order valence-corrected chi connectivity index (χ0v) is 15.5. The van der Waals surface area contributed by atoms with Crippen LogP contribution in [-0.2, 0) is 9.59 Å². The lowest BCUT2D eigenvalue weighted by Crippen LogP contribution is -2.53. The predicted molar refractivity (Wildman–Crippen MR) is 96.1 cm³/mol. The van der Waals surface area contributed by atoms with Crippen LogP contribution >= 0.6 is 0 Å². The van der Waals surface area contributed by atoms with Crippen LogP contribution in [0, 0.1) is 0 Å². The first-order valence-electron chi connectivity index (χ1n) is 9.84. The lowest BCUT2D eigenvalue weighted by atomic mass is 9.88. The van der Waals surface area contributed by atoms with E-state index in [1.54, 1.807) is 0 Å². The molecule has 0 aromatic carbocycles. The standard InChI is InChI=1S/C19H35NO5/c1-2-3-4-5-6-7-8-9-10-11-12-13-16(22)19(25)17(23)15(14-21)20-18(19)24/h15,17,21,23,25H,2-14H2,1H3,(H,20,24)/t15-,17-,19+/m0/s1. The van der Waals surface area contributed by atoms with Gasteiger partial charge in [0.2, 0.25) is 5.60 Å². The minimum atomic E-state index is -2.41. The van der Waals surface area contributed by atoms with Gasteiger partial charge in [-0.2, -0.15) is 0 Å². The van der Waals surface area contributed by atoms with E-state index in [4.69, 9.17) is 5.11 Å². The highest BCUT2D eigenvalue weighted by Crippen LogP contribution is 2.25. The molecular weight excluding hydrogens is 322 g/mol. The molecule has 1 heterocycles. The molecule has 1 fully saturated rings. The molecule has 0 aliphatic carbocycles. The van der Waals surface area contributed by atoms with Crippen molar-refractivity contribution in [1.29, 1.82) is 0 Å². The van der Waals surface area contributed by atoms with Crippen LogP contribution in [0.3, 0.4) is 0 Å². The summed E-state index contributed by atoms with van der Waals surface area (Å²) < 4.78 is 0. The van der Waals surface area contributed by atoms with Gasteiger partial charge < -0.3 is 20.6 Å². The van der Waals surface area contributed by atoms with Crippen LogP contribution in [0.25, 0.3) is 0 Å². The molecule has 6 heteroatoms. The molecule has 0 spiro atoms. The molecule has 0 aromatic heterocycles. The van der Waals surface area contributed by atoms with Crippen molar-refractivity contribution >= 4 is 11.7 Å². The van der Waals surface area contributed by atoms with Crippen LogP contribution in [0.2, 0.25) is 0 Å². The summed E-state index contributed by atoms with van der Waals surface area (Å²) in [5.41, 5.74) is -2.41. The molecular formula is C19H35NO5. The number of nitrogens with one attached hydrogen (secondary N) is 1. The van der Waals surface area contributed by atoms with Crippen molar-refractivity contribution in [1.82, 2.24) is 5.32 Å². The molecule has 1 aliphatic heterocycles. The average molecular weight is 357 g/mol. The second kappa shape index (κ2) is 11.6. The Bertz CT molecular complexity index is 415. The van der Waals surface area contributed by atoms with E-state index in [0.717, 1.165) is 19.3 Å². The number of ketones is 1. The van der Waals surface area contributed by atoms with E-state index in [0.29, 0.717) is 6.42 Å². The van der Waals surface area contributed by atoms with E-state index in [1.165, 1.54) is 44.9 Å². The molecule has 1 rings (SSSR count). The number of aliphatic hydroxyl groups is 3. The summed E-state index contributed by atoms with van der Waals surface area (Å²) in [7, 11) is 0. The van der Waals surface area contributed by atoms with Crippen molar-refractivity contribution in [2.75, 3.05) is 6.61 Å². The normalized spacial score (nSPS) is 26.0. The number of Topliss-reactive ketones (excluding diaryl/α,β-unsaturated/α-hetero) is 1. The molecule has 0 radical (unpaired) electrons. The van der Waals surface area contributed by atoms with E-state index in [9.17, 15) is 19.8 Å². The fraction of sp³-hybridized carbons (Fsp3) is 0.895. The lowest BCUT2D eigenvalue weighted by molar-refractivity contribution is -0.157. The molecule has 6 nitrogen and oxygen atoms in total. The van der Waals surface area contributed by atoms with E-state index in [2.05, 4.69) is 12.2 Å². The van der Waals surface area contributed by atoms with Gasteiger partial charge in [-0.1, -0.05) is 71.1 Å². The fourth-order valence-corrected chi connectivity index (χ4v) is 3.36. The molecule has 3 atom stereocenters. The Morgan fingerprint density at radius 3 is 1.92 bits per heavy atom.